The van der Waals surface area contributed by atoms with E-state index < -0.39 is 17.8 Å². The maximum Gasteiger partial charge on any atom is 0.335 e. The lowest BCUT2D eigenvalue weighted by atomic mass is 10.1. The van der Waals surface area contributed by atoms with Crippen LogP contribution in [-0.4, -0.2) is 24.5 Å². The fraction of sp³-hybridized carbons (Fsp3) is 0.0741. The van der Waals surface area contributed by atoms with Gasteiger partial charge in [-0.25, -0.2) is 9.69 Å². The number of urea groups is 1. The first-order valence-corrected chi connectivity index (χ1v) is 11.8. The highest BCUT2D eigenvalue weighted by molar-refractivity contribution is 9.10. The van der Waals surface area contributed by atoms with Crippen molar-refractivity contribution in [2.75, 3.05) is 11.5 Å². The molecule has 36 heavy (non-hydrogen) atoms. The molecular weight excluding hydrogens is 548 g/mol. The zero-order valence-corrected chi connectivity index (χ0v) is 21.0. The number of carbonyl (C=O) groups excluding carboxylic acids is 3. The molecule has 3 aromatic carbocycles. The van der Waals surface area contributed by atoms with Crippen LogP contribution in [-0.2, 0) is 16.2 Å². The fourth-order valence-electron chi connectivity index (χ4n) is 3.37. The molecule has 4 amide bonds. The number of hydrogen-bond acceptors (Lipinski definition) is 5. The van der Waals surface area contributed by atoms with Gasteiger partial charge in [-0.05, 0) is 66.2 Å². The predicted molar refractivity (Wildman–Crippen MR) is 140 cm³/mol. The number of ether oxygens (including phenoxy) is 2. The van der Waals surface area contributed by atoms with Gasteiger partial charge in [0.1, 0.15) is 30.3 Å². The number of benzene rings is 3. The summed E-state index contributed by atoms with van der Waals surface area (Å²) in [5, 5.41) is 2.84. The normalized spacial score (nSPS) is 14.4. The number of nitrogens with one attached hydrogen (secondary N) is 1. The molecule has 0 aromatic heterocycles. The molecule has 3 aromatic rings. The van der Waals surface area contributed by atoms with E-state index in [-0.39, 0.29) is 17.9 Å². The zero-order chi connectivity index (χ0) is 25.7. The second-order valence-electron chi connectivity index (χ2n) is 7.54. The van der Waals surface area contributed by atoms with Crippen molar-refractivity contribution < 1.29 is 23.9 Å². The first-order chi connectivity index (χ1) is 17.4. The topological polar surface area (TPSA) is 84.9 Å². The van der Waals surface area contributed by atoms with Crippen molar-refractivity contribution >= 4 is 57.1 Å². The summed E-state index contributed by atoms with van der Waals surface area (Å²) in [6, 6.07) is 17.8. The Bertz CT molecular complexity index is 1400. The van der Waals surface area contributed by atoms with E-state index in [2.05, 4.69) is 27.2 Å². The van der Waals surface area contributed by atoms with Crippen LogP contribution < -0.4 is 19.7 Å². The molecule has 0 spiro atoms. The van der Waals surface area contributed by atoms with Crippen molar-refractivity contribution in [3.8, 4) is 23.8 Å². The van der Waals surface area contributed by atoms with Gasteiger partial charge < -0.3 is 9.47 Å². The van der Waals surface area contributed by atoms with Crippen LogP contribution in [0.15, 0.2) is 76.8 Å². The van der Waals surface area contributed by atoms with E-state index in [1.54, 1.807) is 54.6 Å². The Balaban J connectivity index is 1.56. The van der Waals surface area contributed by atoms with E-state index in [1.807, 2.05) is 12.1 Å². The third-order valence-electron chi connectivity index (χ3n) is 5.10. The van der Waals surface area contributed by atoms with Crippen LogP contribution in [0.1, 0.15) is 11.1 Å². The molecule has 1 fully saturated rings. The molecule has 180 valence electrons. The van der Waals surface area contributed by atoms with Gasteiger partial charge in [-0.3, -0.25) is 14.9 Å². The molecule has 1 N–H and O–H groups in total. The molecule has 0 atom stereocenters. The summed E-state index contributed by atoms with van der Waals surface area (Å²) in [6.45, 7) is 0.326. The van der Waals surface area contributed by atoms with E-state index in [0.29, 0.717) is 33.2 Å². The number of barbiturate groups is 1. The summed E-state index contributed by atoms with van der Waals surface area (Å²) >= 11 is 9.26. The number of terminal acetylenes is 1. The van der Waals surface area contributed by atoms with Crippen molar-refractivity contribution in [3.63, 3.8) is 0 Å². The maximum atomic E-state index is 13.2. The second-order valence-corrected chi connectivity index (χ2v) is 8.89. The summed E-state index contributed by atoms with van der Waals surface area (Å²) in [5.74, 6) is 1.70. The van der Waals surface area contributed by atoms with Gasteiger partial charge in [0, 0.05) is 15.1 Å². The van der Waals surface area contributed by atoms with Crippen molar-refractivity contribution in [2.45, 2.75) is 6.61 Å². The summed E-state index contributed by atoms with van der Waals surface area (Å²) in [4.78, 5) is 39.2. The minimum absolute atomic E-state index is 0.00893. The van der Waals surface area contributed by atoms with E-state index in [9.17, 15) is 14.4 Å². The third-order valence-corrected chi connectivity index (χ3v) is 5.84. The number of carbonyl (C=O) groups is 3. The van der Waals surface area contributed by atoms with Crippen molar-refractivity contribution in [1.82, 2.24) is 5.32 Å². The largest absolute Gasteiger partial charge is 0.489 e. The summed E-state index contributed by atoms with van der Waals surface area (Å²) in [6.07, 6.45) is 6.63. The smallest absolute Gasteiger partial charge is 0.335 e. The van der Waals surface area contributed by atoms with Crippen LogP contribution in [0.2, 0.25) is 5.02 Å². The van der Waals surface area contributed by atoms with Gasteiger partial charge in [0.2, 0.25) is 0 Å². The molecular formula is C27H18BrClN2O5. The molecule has 0 unspecified atom stereocenters. The molecule has 1 aliphatic rings. The number of rotatable bonds is 7. The summed E-state index contributed by atoms with van der Waals surface area (Å²) < 4.78 is 12.0. The molecule has 0 aliphatic carbocycles. The van der Waals surface area contributed by atoms with Crippen LogP contribution >= 0.6 is 27.5 Å². The average molecular weight is 566 g/mol. The second kappa shape index (κ2) is 11.1. The molecule has 1 saturated heterocycles. The lowest BCUT2D eigenvalue weighted by Crippen LogP contribution is -2.54. The van der Waals surface area contributed by atoms with Crippen LogP contribution in [0, 0.1) is 12.3 Å². The zero-order valence-electron chi connectivity index (χ0n) is 18.7. The summed E-state index contributed by atoms with van der Waals surface area (Å²) in [7, 11) is 0. The summed E-state index contributed by atoms with van der Waals surface area (Å²) in [5.41, 5.74) is 1.41. The number of imide groups is 2. The van der Waals surface area contributed by atoms with Crippen molar-refractivity contribution in [2.24, 2.45) is 0 Å². The molecule has 0 bridgehead atoms. The number of halogens is 2. The highest BCUT2D eigenvalue weighted by Gasteiger charge is 2.37. The van der Waals surface area contributed by atoms with E-state index >= 15 is 0 Å². The lowest BCUT2D eigenvalue weighted by molar-refractivity contribution is -0.122. The Morgan fingerprint density at radius 3 is 2.42 bits per heavy atom. The number of nitrogens with zero attached hydrogens (tertiary/aromatic N) is 1. The molecule has 1 aliphatic heterocycles. The Morgan fingerprint density at radius 1 is 1.00 bits per heavy atom. The van der Waals surface area contributed by atoms with Gasteiger partial charge in [-0.15, -0.1) is 6.42 Å². The SMILES string of the molecule is C#CCOc1ccc(Br)cc1/C=C1\C(=O)NC(=O)N(c2ccc(OCc3ccc(Cl)cc3)cc2)C1=O. The van der Waals surface area contributed by atoms with Gasteiger partial charge in [0.15, 0.2) is 0 Å². The monoisotopic (exact) mass is 564 g/mol. The molecule has 1 heterocycles. The van der Waals surface area contributed by atoms with E-state index in [4.69, 9.17) is 27.5 Å². The quantitative estimate of drug-likeness (QED) is 0.237. The Morgan fingerprint density at radius 2 is 1.72 bits per heavy atom. The first kappa shape index (κ1) is 25.0. The third kappa shape index (κ3) is 5.77. The van der Waals surface area contributed by atoms with Gasteiger partial charge >= 0.3 is 6.03 Å². The molecule has 0 radical (unpaired) electrons. The van der Waals surface area contributed by atoms with Crippen LogP contribution in [0.5, 0.6) is 11.5 Å². The Kier molecular flexibility index (Phi) is 7.74. The Hall–Kier alpha value is -4.06. The van der Waals surface area contributed by atoms with Gasteiger partial charge in [0.05, 0.1) is 5.69 Å². The lowest BCUT2D eigenvalue weighted by Gasteiger charge is -2.26. The van der Waals surface area contributed by atoms with Gasteiger partial charge in [-0.2, -0.15) is 0 Å². The standard InChI is InChI=1S/C27H18BrClN2O5/c1-2-13-35-24-12-5-19(28)14-18(24)15-23-25(32)30-27(34)31(26(23)33)21-8-10-22(11-9-21)36-16-17-3-6-20(29)7-4-17/h1,3-12,14-15H,13,16H2,(H,30,32,34)/b23-15+. The van der Waals surface area contributed by atoms with Gasteiger partial charge in [0.25, 0.3) is 11.8 Å². The minimum atomic E-state index is -0.852. The molecule has 9 heteroatoms. The van der Waals surface area contributed by atoms with Crippen LogP contribution in [0.25, 0.3) is 6.08 Å². The molecule has 0 saturated carbocycles. The Labute approximate surface area is 220 Å². The highest BCUT2D eigenvalue weighted by Crippen LogP contribution is 2.29. The van der Waals surface area contributed by atoms with Gasteiger partial charge in [-0.1, -0.05) is 45.6 Å². The maximum absolute atomic E-state index is 13.2. The minimum Gasteiger partial charge on any atom is -0.489 e. The predicted octanol–water partition coefficient (Wildman–Crippen LogP) is 5.36. The van der Waals surface area contributed by atoms with Crippen LogP contribution in [0.3, 0.4) is 0 Å². The number of hydrogen-bond donors (Lipinski definition) is 1. The first-order valence-electron chi connectivity index (χ1n) is 10.6. The van der Waals surface area contributed by atoms with Crippen molar-refractivity contribution in [3.05, 3.63) is 92.9 Å². The highest BCUT2D eigenvalue weighted by atomic mass is 79.9. The van der Waals surface area contributed by atoms with E-state index in [1.165, 1.54) is 6.08 Å². The number of anilines is 1. The number of amides is 4. The average Bonchev–Trinajstić information content (AvgIpc) is 2.86. The van der Waals surface area contributed by atoms with Crippen molar-refractivity contribution in [1.29, 1.82) is 0 Å². The van der Waals surface area contributed by atoms with Crippen LogP contribution in [0.4, 0.5) is 10.5 Å². The fourth-order valence-corrected chi connectivity index (χ4v) is 3.87. The molecule has 7 nitrogen and oxygen atoms in total. The molecule has 4 rings (SSSR count). The van der Waals surface area contributed by atoms with E-state index in [0.717, 1.165) is 10.5 Å².